The third kappa shape index (κ3) is 7.03. The van der Waals surface area contributed by atoms with Crippen molar-refractivity contribution in [3.63, 3.8) is 0 Å². The van der Waals surface area contributed by atoms with E-state index in [4.69, 9.17) is 0 Å². The number of nitrogens with zero attached hydrogens (tertiary/aromatic N) is 2. The van der Waals surface area contributed by atoms with Crippen LogP contribution in [0.1, 0.15) is 11.1 Å². The summed E-state index contributed by atoms with van der Waals surface area (Å²) in [6.45, 7) is 0. The van der Waals surface area contributed by atoms with Crippen molar-refractivity contribution >= 4 is 60.4 Å². The summed E-state index contributed by atoms with van der Waals surface area (Å²) in [5.74, 6) is 0. The van der Waals surface area contributed by atoms with E-state index in [2.05, 4.69) is 264 Å². The molecular formula is C63H44N2. The van der Waals surface area contributed by atoms with Gasteiger partial charge in [-0.15, -0.1) is 0 Å². The largest absolute Gasteiger partial charge is 0.310 e. The van der Waals surface area contributed by atoms with E-state index in [1.165, 1.54) is 93.5 Å². The van der Waals surface area contributed by atoms with Crippen LogP contribution in [0, 0.1) is 0 Å². The van der Waals surface area contributed by atoms with Gasteiger partial charge in [-0.05, 0) is 127 Å². The molecule has 12 rings (SSSR count). The molecule has 0 saturated heterocycles. The van der Waals surface area contributed by atoms with Gasteiger partial charge in [0.25, 0.3) is 0 Å². The highest BCUT2D eigenvalue weighted by Crippen LogP contribution is 2.43. The van der Waals surface area contributed by atoms with Crippen molar-refractivity contribution in [1.29, 1.82) is 0 Å². The minimum Gasteiger partial charge on any atom is -0.310 e. The van der Waals surface area contributed by atoms with Crippen LogP contribution in [0.5, 0.6) is 0 Å². The molecule has 0 atom stereocenters. The lowest BCUT2D eigenvalue weighted by molar-refractivity contribution is 1.09. The first-order valence-corrected chi connectivity index (χ1v) is 22.5. The Bertz CT molecular complexity index is 3650. The maximum absolute atomic E-state index is 2.49. The van der Waals surface area contributed by atoms with Gasteiger partial charge in [0, 0.05) is 39.9 Å². The lowest BCUT2D eigenvalue weighted by atomic mass is 9.95. The summed E-state index contributed by atoms with van der Waals surface area (Å²) in [4.78, 5) is 2.45. The van der Waals surface area contributed by atoms with Crippen molar-refractivity contribution in [2.45, 2.75) is 6.42 Å². The molecule has 1 aromatic heterocycles. The van der Waals surface area contributed by atoms with Crippen LogP contribution in [0.15, 0.2) is 255 Å². The summed E-state index contributed by atoms with van der Waals surface area (Å²) in [7, 11) is 0. The molecule has 1 heterocycles. The molecule has 0 aliphatic heterocycles. The Morgan fingerprint density at radius 3 is 1.58 bits per heavy atom. The zero-order valence-electron chi connectivity index (χ0n) is 35.9. The Hall–Kier alpha value is -8.46. The highest BCUT2D eigenvalue weighted by molar-refractivity contribution is 6.13. The molecule has 11 aromatic carbocycles. The normalized spacial score (nSPS) is 11.4. The average Bonchev–Trinajstić information content (AvgIpc) is 3.69. The minimum atomic E-state index is 0.709. The van der Waals surface area contributed by atoms with Crippen LogP contribution in [0.3, 0.4) is 0 Å². The van der Waals surface area contributed by atoms with Crippen LogP contribution in [0.4, 0.5) is 17.1 Å². The Balaban J connectivity index is 1.04. The fourth-order valence-corrected chi connectivity index (χ4v) is 9.88. The average molecular weight is 829 g/mol. The van der Waals surface area contributed by atoms with Crippen LogP contribution in [-0.2, 0) is 6.42 Å². The van der Waals surface area contributed by atoms with E-state index in [1.807, 2.05) is 0 Å². The second-order valence-electron chi connectivity index (χ2n) is 16.9. The summed E-state index contributed by atoms with van der Waals surface area (Å²) in [6.07, 6.45) is 0.709. The van der Waals surface area contributed by atoms with Gasteiger partial charge in [-0.2, -0.15) is 0 Å². The lowest BCUT2D eigenvalue weighted by Crippen LogP contribution is -2.13. The van der Waals surface area contributed by atoms with Gasteiger partial charge in [-0.25, -0.2) is 0 Å². The Labute approximate surface area is 379 Å². The van der Waals surface area contributed by atoms with Crippen molar-refractivity contribution in [2.75, 3.05) is 4.90 Å². The van der Waals surface area contributed by atoms with Crippen molar-refractivity contribution in [3.05, 3.63) is 266 Å². The van der Waals surface area contributed by atoms with Crippen molar-refractivity contribution < 1.29 is 0 Å². The Kier molecular flexibility index (Phi) is 9.61. The highest BCUT2D eigenvalue weighted by atomic mass is 15.1. The van der Waals surface area contributed by atoms with Gasteiger partial charge < -0.3 is 9.47 Å². The van der Waals surface area contributed by atoms with E-state index in [0.717, 1.165) is 17.1 Å². The first-order chi connectivity index (χ1) is 32.2. The lowest BCUT2D eigenvalue weighted by Gasteiger charge is -2.29. The van der Waals surface area contributed by atoms with Crippen LogP contribution < -0.4 is 4.90 Å². The molecule has 0 spiro atoms. The molecule has 12 aromatic rings. The molecule has 0 saturated carbocycles. The summed E-state index contributed by atoms with van der Waals surface area (Å²) in [6, 6.07) is 93.1. The number of rotatable bonds is 9. The predicted molar refractivity (Wildman–Crippen MR) is 276 cm³/mol. The molecule has 0 radical (unpaired) electrons. The van der Waals surface area contributed by atoms with E-state index in [9.17, 15) is 0 Å². The molecule has 0 aliphatic rings. The molecule has 0 bridgehead atoms. The van der Waals surface area contributed by atoms with Crippen LogP contribution >= 0.6 is 0 Å². The fraction of sp³-hybridized carbons (Fsp3) is 0.0159. The van der Waals surface area contributed by atoms with Gasteiger partial charge in [0.2, 0.25) is 0 Å². The Morgan fingerprint density at radius 1 is 0.308 bits per heavy atom. The van der Waals surface area contributed by atoms with Gasteiger partial charge in [0.1, 0.15) is 0 Å². The summed E-state index contributed by atoms with van der Waals surface area (Å²) >= 11 is 0. The van der Waals surface area contributed by atoms with Crippen molar-refractivity contribution in [3.8, 4) is 39.1 Å². The number of hydrogen-bond donors (Lipinski definition) is 0. The van der Waals surface area contributed by atoms with E-state index < -0.39 is 0 Å². The third-order valence-corrected chi connectivity index (χ3v) is 13.0. The van der Waals surface area contributed by atoms with Crippen LogP contribution in [0.25, 0.3) is 82.4 Å². The van der Waals surface area contributed by atoms with Gasteiger partial charge >= 0.3 is 0 Å². The summed E-state index contributed by atoms with van der Waals surface area (Å²) in [5, 5.41) is 7.50. The van der Waals surface area contributed by atoms with E-state index >= 15 is 0 Å². The molecule has 0 aliphatic carbocycles. The van der Waals surface area contributed by atoms with Gasteiger partial charge in [-0.3, -0.25) is 0 Å². The van der Waals surface area contributed by atoms with Gasteiger partial charge in [0.05, 0.1) is 11.0 Å². The number of anilines is 3. The fourth-order valence-electron chi connectivity index (χ4n) is 9.88. The number of benzene rings is 11. The number of fused-ring (bicyclic) bond motifs is 5. The smallest absolute Gasteiger partial charge is 0.0547 e. The highest BCUT2D eigenvalue weighted by Gasteiger charge is 2.21. The summed E-state index contributed by atoms with van der Waals surface area (Å²) in [5.41, 5.74) is 16.6. The van der Waals surface area contributed by atoms with E-state index in [0.29, 0.717) is 6.42 Å². The van der Waals surface area contributed by atoms with E-state index in [1.54, 1.807) is 0 Å². The molecule has 65 heavy (non-hydrogen) atoms. The van der Waals surface area contributed by atoms with Crippen LogP contribution in [-0.4, -0.2) is 4.57 Å². The molecule has 2 heteroatoms. The standard InChI is InChI=1S/C63H44N2/c1-3-16-44(17-4-1)46-30-35-54(36-31-46)64(55-37-32-48(33-38-55)57-27-15-24-47-20-9-11-25-56(47)57)61-39-34-51(45-18-5-2-6-19-45)40-53(61)41-52-23-10-13-28-60(52)65-62-29-14-12-26-58(62)59-42-49-21-7-8-22-50(49)43-63(59)65/h1-40,42-43H,41H2. The van der Waals surface area contributed by atoms with Crippen molar-refractivity contribution in [1.82, 2.24) is 4.57 Å². The van der Waals surface area contributed by atoms with Crippen LogP contribution in [0.2, 0.25) is 0 Å². The zero-order valence-corrected chi connectivity index (χ0v) is 35.9. The molecule has 0 unspecified atom stereocenters. The minimum absolute atomic E-state index is 0.709. The number of para-hydroxylation sites is 2. The topological polar surface area (TPSA) is 8.17 Å². The maximum atomic E-state index is 2.49. The molecule has 0 amide bonds. The SMILES string of the molecule is c1ccc(-c2ccc(N(c3ccc(-c4cccc5ccccc45)cc3)c3ccc(-c4ccccc4)cc3Cc3ccccc3-n3c4ccccc4c4cc5ccccc5cc43)cc2)cc1. The Morgan fingerprint density at radius 2 is 0.846 bits per heavy atom. The third-order valence-electron chi connectivity index (χ3n) is 13.0. The molecule has 0 N–H and O–H groups in total. The second-order valence-corrected chi connectivity index (χ2v) is 16.9. The number of hydrogen-bond acceptors (Lipinski definition) is 1. The monoisotopic (exact) mass is 828 g/mol. The molecule has 306 valence electrons. The molecular weight excluding hydrogens is 785 g/mol. The zero-order chi connectivity index (χ0) is 43.1. The second kappa shape index (κ2) is 16.3. The maximum Gasteiger partial charge on any atom is 0.0547 e. The number of aromatic nitrogens is 1. The quantitative estimate of drug-likeness (QED) is 0.141. The summed E-state index contributed by atoms with van der Waals surface area (Å²) < 4.78 is 2.49. The van der Waals surface area contributed by atoms with E-state index in [-0.39, 0.29) is 0 Å². The molecule has 0 fully saturated rings. The predicted octanol–water partition coefficient (Wildman–Crippen LogP) is 17.2. The van der Waals surface area contributed by atoms with Gasteiger partial charge in [-0.1, -0.05) is 194 Å². The first kappa shape index (κ1) is 38.2. The van der Waals surface area contributed by atoms with Crippen molar-refractivity contribution in [2.24, 2.45) is 0 Å². The molecule has 2 nitrogen and oxygen atoms in total. The first-order valence-electron chi connectivity index (χ1n) is 22.5. The van der Waals surface area contributed by atoms with Gasteiger partial charge in [0.15, 0.2) is 0 Å².